The molecule has 0 aromatic carbocycles. The summed E-state index contributed by atoms with van der Waals surface area (Å²) in [5.74, 6) is -2.33. The van der Waals surface area contributed by atoms with Crippen molar-refractivity contribution in [3.05, 3.63) is 0 Å². The molecular formula is C13H25F2NO. The van der Waals surface area contributed by atoms with E-state index in [0.29, 0.717) is 6.42 Å². The Labute approximate surface area is 103 Å². The molecule has 0 aromatic rings. The molecule has 3 unspecified atom stereocenters. The molecule has 1 saturated carbocycles. The van der Waals surface area contributed by atoms with Gasteiger partial charge in [-0.25, -0.2) is 8.78 Å². The maximum absolute atomic E-state index is 13.2. The molecule has 102 valence electrons. The van der Waals surface area contributed by atoms with Gasteiger partial charge in [0.05, 0.1) is 5.60 Å². The summed E-state index contributed by atoms with van der Waals surface area (Å²) in [5.41, 5.74) is -0.271. The first kappa shape index (κ1) is 14.8. The van der Waals surface area contributed by atoms with E-state index in [1.807, 2.05) is 14.0 Å². The van der Waals surface area contributed by atoms with Gasteiger partial charge in [0, 0.05) is 26.0 Å². The van der Waals surface area contributed by atoms with Crippen LogP contribution < -0.4 is 5.32 Å². The minimum atomic E-state index is -2.45. The van der Waals surface area contributed by atoms with E-state index in [4.69, 9.17) is 4.74 Å². The van der Waals surface area contributed by atoms with Crippen molar-refractivity contribution >= 4 is 0 Å². The van der Waals surface area contributed by atoms with Crippen molar-refractivity contribution in [3.63, 3.8) is 0 Å². The van der Waals surface area contributed by atoms with Gasteiger partial charge in [0.15, 0.2) is 0 Å². The molecule has 1 aliphatic carbocycles. The Bertz CT molecular complexity index is 242. The molecule has 0 aliphatic heterocycles. The highest BCUT2D eigenvalue weighted by Crippen LogP contribution is 2.42. The van der Waals surface area contributed by atoms with Gasteiger partial charge in [0.2, 0.25) is 5.92 Å². The summed E-state index contributed by atoms with van der Waals surface area (Å²) < 4.78 is 31.9. The van der Waals surface area contributed by atoms with Crippen LogP contribution in [0.1, 0.15) is 46.0 Å². The van der Waals surface area contributed by atoms with E-state index in [0.717, 1.165) is 12.8 Å². The minimum absolute atomic E-state index is 0.0364. The monoisotopic (exact) mass is 249 g/mol. The Morgan fingerprint density at radius 2 is 2.18 bits per heavy atom. The van der Waals surface area contributed by atoms with E-state index in [1.165, 1.54) is 0 Å². The fourth-order valence-electron chi connectivity index (χ4n) is 2.78. The van der Waals surface area contributed by atoms with Crippen LogP contribution >= 0.6 is 0 Å². The van der Waals surface area contributed by atoms with Crippen molar-refractivity contribution in [2.24, 2.45) is 5.92 Å². The highest BCUT2D eigenvalue weighted by atomic mass is 19.3. The molecule has 1 rings (SSSR count). The van der Waals surface area contributed by atoms with Crippen LogP contribution in [0.25, 0.3) is 0 Å². The van der Waals surface area contributed by atoms with Crippen LogP contribution in [0.15, 0.2) is 0 Å². The summed E-state index contributed by atoms with van der Waals surface area (Å²) in [5, 5.41) is 3.23. The molecule has 17 heavy (non-hydrogen) atoms. The summed E-state index contributed by atoms with van der Waals surface area (Å²) in [6.07, 6.45) is 2.36. The van der Waals surface area contributed by atoms with Crippen LogP contribution in [0.4, 0.5) is 8.78 Å². The zero-order valence-corrected chi connectivity index (χ0v) is 11.4. The number of rotatable bonds is 6. The third-order valence-electron chi connectivity index (χ3n) is 4.33. The molecule has 0 amide bonds. The average Bonchev–Trinajstić information content (AvgIpc) is 2.64. The van der Waals surface area contributed by atoms with E-state index in [-0.39, 0.29) is 30.4 Å². The summed E-state index contributed by atoms with van der Waals surface area (Å²) in [6, 6.07) is 0.136. The van der Waals surface area contributed by atoms with Crippen LogP contribution in [-0.2, 0) is 4.74 Å². The van der Waals surface area contributed by atoms with Gasteiger partial charge in [-0.2, -0.15) is 0 Å². The van der Waals surface area contributed by atoms with Crippen molar-refractivity contribution in [2.75, 3.05) is 14.2 Å². The van der Waals surface area contributed by atoms with Gasteiger partial charge in [-0.3, -0.25) is 0 Å². The summed E-state index contributed by atoms with van der Waals surface area (Å²) in [4.78, 5) is 0. The Hall–Kier alpha value is -0.220. The number of halogens is 2. The largest absolute Gasteiger partial charge is 0.377 e. The lowest BCUT2D eigenvalue weighted by Gasteiger charge is -2.37. The molecule has 0 radical (unpaired) electrons. The Balaban J connectivity index is 2.59. The first-order valence-electron chi connectivity index (χ1n) is 6.47. The van der Waals surface area contributed by atoms with E-state index < -0.39 is 5.92 Å². The second-order valence-electron chi connectivity index (χ2n) is 5.41. The third-order valence-corrected chi connectivity index (χ3v) is 4.33. The maximum atomic E-state index is 13.2. The van der Waals surface area contributed by atoms with Gasteiger partial charge in [0.1, 0.15) is 0 Å². The number of nitrogens with one attached hydrogen (secondary N) is 1. The normalized spacial score (nSPS) is 28.9. The maximum Gasteiger partial charge on any atom is 0.248 e. The van der Waals surface area contributed by atoms with Gasteiger partial charge in [-0.1, -0.05) is 6.92 Å². The smallest absolute Gasteiger partial charge is 0.248 e. The van der Waals surface area contributed by atoms with E-state index in [1.54, 1.807) is 7.11 Å². The third kappa shape index (κ3) is 3.62. The molecule has 0 aromatic heterocycles. The highest BCUT2D eigenvalue weighted by Gasteiger charge is 2.42. The molecule has 0 heterocycles. The van der Waals surface area contributed by atoms with Crippen LogP contribution in [0, 0.1) is 5.92 Å². The molecule has 1 aliphatic rings. The predicted octanol–water partition coefficient (Wildman–Crippen LogP) is 3.22. The first-order chi connectivity index (χ1) is 7.87. The second kappa shape index (κ2) is 5.61. The van der Waals surface area contributed by atoms with Crippen molar-refractivity contribution in [3.8, 4) is 0 Å². The van der Waals surface area contributed by atoms with E-state index >= 15 is 0 Å². The average molecular weight is 249 g/mol. The number of methoxy groups -OCH3 is 1. The van der Waals surface area contributed by atoms with Gasteiger partial charge in [-0.15, -0.1) is 0 Å². The quantitative estimate of drug-likeness (QED) is 0.780. The highest BCUT2D eigenvalue weighted by molar-refractivity contribution is 4.92. The minimum Gasteiger partial charge on any atom is -0.377 e. The summed E-state index contributed by atoms with van der Waals surface area (Å²) in [6.45, 7) is 4.11. The predicted molar refractivity (Wildman–Crippen MR) is 65.5 cm³/mol. The molecule has 1 N–H and O–H groups in total. The lowest BCUT2D eigenvalue weighted by atomic mass is 9.85. The molecule has 0 spiro atoms. The number of likely N-dealkylation sites (N-methyl/N-ethyl adjacent to an activating group) is 1. The van der Waals surface area contributed by atoms with Crippen LogP contribution in [0.3, 0.4) is 0 Å². The number of hydrogen-bond donors (Lipinski definition) is 1. The number of alkyl halides is 2. The zero-order chi connectivity index (χ0) is 13.1. The lowest BCUT2D eigenvalue weighted by Crippen LogP contribution is -2.49. The van der Waals surface area contributed by atoms with Crippen LogP contribution in [0.2, 0.25) is 0 Å². The summed E-state index contributed by atoms with van der Waals surface area (Å²) >= 11 is 0. The first-order valence-corrected chi connectivity index (χ1v) is 6.47. The Kier molecular flexibility index (Phi) is 4.90. The van der Waals surface area contributed by atoms with E-state index in [9.17, 15) is 8.78 Å². The molecule has 2 nitrogen and oxygen atoms in total. The fourth-order valence-corrected chi connectivity index (χ4v) is 2.78. The zero-order valence-electron chi connectivity index (χ0n) is 11.4. The van der Waals surface area contributed by atoms with Gasteiger partial charge >= 0.3 is 0 Å². The van der Waals surface area contributed by atoms with Crippen molar-refractivity contribution in [1.29, 1.82) is 0 Å². The Morgan fingerprint density at radius 1 is 1.53 bits per heavy atom. The van der Waals surface area contributed by atoms with Crippen LogP contribution in [0.5, 0.6) is 0 Å². The van der Waals surface area contributed by atoms with Crippen molar-refractivity contribution in [2.45, 2.75) is 63.5 Å². The standard InChI is InChI=1S/C13H25F2NO/c1-5-12(2,17-4)11(16-3)8-10-6-7-13(14,15)9-10/h10-11,16H,5-9H2,1-4H3. The van der Waals surface area contributed by atoms with Crippen molar-refractivity contribution < 1.29 is 13.5 Å². The van der Waals surface area contributed by atoms with Gasteiger partial charge in [-0.05, 0) is 39.2 Å². The van der Waals surface area contributed by atoms with Gasteiger partial charge < -0.3 is 10.1 Å². The number of ether oxygens (including phenoxy) is 1. The molecule has 1 fully saturated rings. The molecule has 0 saturated heterocycles. The van der Waals surface area contributed by atoms with Crippen molar-refractivity contribution in [1.82, 2.24) is 5.32 Å². The molecule has 4 heteroatoms. The molecule has 3 atom stereocenters. The topological polar surface area (TPSA) is 21.3 Å². The van der Waals surface area contributed by atoms with Crippen LogP contribution in [-0.4, -0.2) is 31.7 Å². The Morgan fingerprint density at radius 3 is 2.53 bits per heavy atom. The molecular weight excluding hydrogens is 224 g/mol. The van der Waals surface area contributed by atoms with E-state index in [2.05, 4.69) is 12.2 Å². The fraction of sp³-hybridized carbons (Fsp3) is 1.00. The number of hydrogen-bond acceptors (Lipinski definition) is 2. The lowest BCUT2D eigenvalue weighted by molar-refractivity contribution is -0.0360. The SMILES string of the molecule is CCC(C)(OC)C(CC1CCC(F)(F)C1)NC. The molecule has 0 bridgehead atoms. The second-order valence-corrected chi connectivity index (χ2v) is 5.41. The van der Waals surface area contributed by atoms with Gasteiger partial charge in [0.25, 0.3) is 0 Å². The summed E-state index contributed by atoms with van der Waals surface area (Å²) in [7, 11) is 3.57.